The maximum absolute atomic E-state index is 6.44. The zero-order valence-corrected chi connectivity index (χ0v) is 24.3. The van der Waals surface area contributed by atoms with Crippen LogP contribution in [0.1, 0.15) is 26.3 Å². The molecule has 0 atom stereocenters. The summed E-state index contributed by atoms with van der Waals surface area (Å²) in [7, 11) is -0.231. The summed E-state index contributed by atoms with van der Waals surface area (Å²) in [6.45, 7) is 11.9. The third-order valence-corrected chi connectivity index (χ3v) is 11.9. The number of pyridine rings is 3. The molecule has 0 amide bonds. The first-order valence-electron chi connectivity index (χ1n) is 12.9. The monoisotopic (exact) mass is 538 g/mol. The van der Waals surface area contributed by atoms with Crippen LogP contribution in [0, 0.1) is 0 Å². The molecule has 5 aromatic rings. The van der Waals surface area contributed by atoms with Crippen LogP contribution in [0.3, 0.4) is 0 Å². The number of methoxy groups -OCH3 is 1. The molecule has 0 saturated heterocycles. The van der Waals surface area contributed by atoms with E-state index in [1.165, 1.54) is 0 Å². The van der Waals surface area contributed by atoms with Gasteiger partial charge in [-0.3, -0.25) is 9.55 Å². The average molecular weight is 539 g/mol. The Hall–Kier alpha value is -4.08. The molecule has 4 aromatic heterocycles. The van der Waals surface area contributed by atoms with Gasteiger partial charge in [0.2, 0.25) is 0 Å². The van der Waals surface area contributed by atoms with Crippen molar-refractivity contribution in [1.82, 2.24) is 24.5 Å². The molecule has 8 nitrogen and oxygen atoms in total. The van der Waals surface area contributed by atoms with Crippen LogP contribution in [0.2, 0.25) is 18.1 Å². The van der Waals surface area contributed by atoms with Crippen LogP contribution in [0.15, 0.2) is 73.1 Å². The normalized spacial score (nSPS) is 12.2. The number of hydrogen-bond donors (Lipinski definition) is 1. The molecule has 2 N–H and O–H groups in total. The molecule has 0 bridgehead atoms. The van der Waals surface area contributed by atoms with Crippen molar-refractivity contribution in [3.8, 4) is 34.2 Å². The number of benzene rings is 1. The van der Waals surface area contributed by atoms with Gasteiger partial charge in [-0.2, -0.15) is 0 Å². The Labute approximate surface area is 230 Å². The standard InChI is InChI=1S/C30H34N6O2Si/c1-30(2,3)39(5,6)38-19-20-11-13-21(14-12-20)36-28(22-9-7-18-33-27(22)31)35-24-16-15-23(34-29(24)36)26-25(37-4)10-8-17-32-26/h7-18H,19H2,1-6H3,(H2,31,33). The molecule has 4 heterocycles. The molecule has 0 aliphatic carbocycles. The first-order valence-corrected chi connectivity index (χ1v) is 15.8. The van der Waals surface area contributed by atoms with Gasteiger partial charge in [0.05, 0.1) is 25.0 Å². The summed E-state index contributed by atoms with van der Waals surface area (Å²) in [4.78, 5) is 18.7. The fourth-order valence-corrected chi connectivity index (χ4v) is 5.05. The molecule has 0 radical (unpaired) electrons. The number of imidazole rings is 1. The number of anilines is 1. The molecule has 1 aromatic carbocycles. The van der Waals surface area contributed by atoms with Gasteiger partial charge in [0, 0.05) is 18.1 Å². The van der Waals surface area contributed by atoms with Crippen LogP contribution in [0.25, 0.3) is 39.6 Å². The predicted molar refractivity (Wildman–Crippen MR) is 158 cm³/mol. The zero-order valence-electron chi connectivity index (χ0n) is 23.3. The Bertz CT molecular complexity index is 1620. The maximum Gasteiger partial charge on any atom is 0.192 e. The van der Waals surface area contributed by atoms with Crippen LogP contribution in [0.4, 0.5) is 5.82 Å². The maximum atomic E-state index is 6.44. The number of aromatic nitrogens is 5. The van der Waals surface area contributed by atoms with Crippen molar-refractivity contribution in [2.24, 2.45) is 0 Å². The number of nitrogens with zero attached hydrogens (tertiary/aromatic N) is 5. The summed E-state index contributed by atoms with van der Waals surface area (Å²) < 4.78 is 14.0. The highest BCUT2D eigenvalue weighted by atomic mass is 28.4. The van der Waals surface area contributed by atoms with Crippen LogP contribution in [-0.4, -0.2) is 39.9 Å². The molecule has 200 valence electrons. The first-order chi connectivity index (χ1) is 18.6. The number of nitrogens with two attached hydrogens (primary N) is 1. The highest BCUT2D eigenvalue weighted by Crippen LogP contribution is 2.37. The van der Waals surface area contributed by atoms with Crippen molar-refractivity contribution < 1.29 is 9.16 Å². The predicted octanol–water partition coefficient (Wildman–Crippen LogP) is 6.66. The highest BCUT2D eigenvalue weighted by molar-refractivity contribution is 6.74. The molecular weight excluding hydrogens is 504 g/mol. The lowest BCUT2D eigenvalue weighted by Gasteiger charge is -2.36. The molecule has 39 heavy (non-hydrogen) atoms. The second-order valence-corrected chi connectivity index (χ2v) is 15.8. The molecule has 9 heteroatoms. The van der Waals surface area contributed by atoms with E-state index >= 15 is 0 Å². The summed E-state index contributed by atoms with van der Waals surface area (Å²) >= 11 is 0. The van der Waals surface area contributed by atoms with E-state index in [9.17, 15) is 0 Å². The van der Waals surface area contributed by atoms with Gasteiger partial charge in [-0.05, 0) is 72.2 Å². The van der Waals surface area contributed by atoms with Crippen molar-refractivity contribution in [3.05, 3.63) is 78.6 Å². The van der Waals surface area contributed by atoms with E-state index in [1.54, 1.807) is 19.5 Å². The molecule has 0 unspecified atom stereocenters. The number of fused-ring (bicyclic) bond motifs is 1. The largest absolute Gasteiger partial charge is 0.494 e. The van der Waals surface area contributed by atoms with E-state index in [1.807, 2.05) is 41.0 Å². The van der Waals surface area contributed by atoms with Crippen LogP contribution >= 0.6 is 0 Å². The Morgan fingerprint density at radius 2 is 1.62 bits per heavy atom. The molecule has 0 aliphatic rings. The fourth-order valence-electron chi connectivity index (χ4n) is 4.09. The van der Waals surface area contributed by atoms with E-state index in [0.29, 0.717) is 41.0 Å². The summed E-state index contributed by atoms with van der Waals surface area (Å²) in [5, 5.41) is 0.154. The molecular formula is C30H34N6O2Si. The summed E-state index contributed by atoms with van der Waals surface area (Å²) in [5.74, 6) is 1.72. The molecule has 0 saturated carbocycles. The van der Waals surface area contributed by atoms with Crippen molar-refractivity contribution in [3.63, 3.8) is 0 Å². The number of rotatable bonds is 7. The third-order valence-electron chi connectivity index (χ3n) is 7.42. The minimum atomic E-state index is -1.86. The minimum Gasteiger partial charge on any atom is -0.494 e. The first kappa shape index (κ1) is 26.5. The smallest absolute Gasteiger partial charge is 0.192 e. The van der Waals surface area contributed by atoms with E-state index in [-0.39, 0.29) is 5.04 Å². The summed E-state index contributed by atoms with van der Waals surface area (Å²) in [5.41, 5.74) is 11.8. The van der Waals surface area contributed by atoms with Crippen LogP contribution in [0.5, 0.6) is 5.75 Å². The lowest BCUT2D eigenvalue weighted by atomic mass is 10.2. The van der Waals surface area contributed by atoms with Gasteiger partial charge in [0.25, 0.3) is 0 Å². The lowest BCUT2D eigenvalue weighted by Crippen LogP contribution is -2.40. The Morgan fingerprint density at radius 1 is 0.897 bits per heavy atom. The van der Waals surface area contributed by atoms with Crippen molar-refractivity contribution in [2.75, 3.05) is 12.8 Å². The Kier molecular flexibility index (Phi) is 6.96. The number of hydrogen-bond acceptors (Lipinski definition) is 7. The van der Waals surface area contributed by atoms with Gasteiger partial charge in [-0.15, -0.1) is 0 Å². The highest BCUT2D eigenvalue weighted by Gasteiger charge is 2.37. The second-order valence-electron chi connectivity index (χ2n) is 11.0. The van der Waals surface area contributed by atoms with Gasteiger partial charge < -0.3 is 14.9 Å². The van der Waals surface area contributed by atoms with Gasteiger partial charge in [0.15, 0.2) is 19.8 Å². The van der Waals surface area contributed by atoms with E-state index in [0.717, 1.165) is 22.3 Å². The lowest BCUT2D eigenvalue weighted by molar-refractivity contribution is 0.276. The Balaban J connectivity index is 1.61. The molecule has 0 fully saturated rings. The van der Waals surface area contributed by atoms with Gasteiger partial charge in [-0.1, -0.05) is 32.9 Å². The van der Waals surface area contributed by atoms with Crippen LogP contribution in [-0.2, 0) is 11.0 Å². The quantitative estimate of drug-likeness (QED) is 0.231. The van der Waals surface area contributed by atoms with Crippen molar-refractivity contribution in [2.45, 2.75) is 45.5 Å². The topological polar surface area (TPSA) is 101 Å². The van der Waals surface area contributed by atoms with Gasteiger partial charge in [0.1, 0.15) is 22.8 Å². The van der Waals surface area contributed by atoms with Gasteiger partial charge >= 0.3 is 0 Å². The SMILES string of the molecule is COc1cccnc1-c1ccc2nc(-c3cccnc3N)n(-c3ccc(CO[Si](C)(C)C(C)(C)C)cc3)c2n1. The van der Waals surface area contributed by atoms with E-state index in [4.69, 9.17) is 24.9 Å². The average Bonchev–Trinajstić information content (AvgIpc) is 3.30. The molecule has 0 aliphatic heterocycles. The number of nitrogen functional groups attached to an aromatic ring is 1. The van der Waals surface area contributed by atoms with Crippen molar-refractivity contribution in [1.29, 1.82) is 0 Å². The number of ether oxygens (including phenoxy) is 1. The van der Waals surface area contributed by atoms with Crippen molar-refractivity contribution >= 4 is 25.3 Å². The van der Waals surface area contributed by atoms with E-state index in [2.05, 4.69) is 68.1 Å². The molecule has 5 rings (SSSR count). The van der Waals surface area contributed by atoms with E-state index < -0.39 is 8.32 Å². The minimum absolute atomic E-state index is 0.154. The molecule has 0 spiro atoms. The summed E-state index contributed by atoms with van der Waals surface area (Å²) in [6, 6.07) is 19.7. The summed E-state index contributed by atoms with van der Waals surface area (Å²) in [6.07, 6.45) is 3.40. The Morgan fingerprint density at radius 3 is 2.31 bits per heavy atom. The third kappa shape index (κ3) is 5.15. The van der Waals surface area contributed by atoms with Gasteiger partial charge in [-0.25, -0.2) is 15.0 Å². The van der Waals surface area contributed by atoms with Crippen LogP contribution < -0.4 is 10.5 Å². The fraction of sp³-hybridized carbons (Fsp3) is 0.267. The second kappa shape index (κ2) is 10.2. The zero-order chi connectivity index (χ0) is 27.8.